The fraction of sp³-hybridized carbons (Fsp3) is 0.174. The van der Waals surface area contributed by atoms with Gasteiger partial charge in [0.15, 0.2) is 41.1 Å². The summed E-state index contributed by atoms with van der Waals surface area (Å²) in [7, 11) is 4.61. The summed E-state index contributed by atoms with van der Waals surface area (Å²) in [4.78, 5) is 15.9. The van der Waals surface area contributed by atoms with Gasteiger partial charge in [0.1, 0.15) is 17.3 Å². The van der Waals surface area contributed by atoms with Crippen molar-refractivity contribution in [3.63, 3.8) is 0 Å². The quantitative estimate of drug-likeness (QED) is 0.344. The number of H-pyrrole nitrogens is 1. The summed E-state index contributed by atoms with van der Waals surface area (Å²) in [5.41, 5.74) is 7.93. The van der Waals surface area contributed by atoms with Gasteiger partial charge in [-0.25, -0.2) is 9.50 Å². The molecular weight excluding hydrogens is 440 g/mol. The summed E-state index contributed by atoms with van der Waals surface area (Å²) < 4.78 is 23.2. The van der Waals surface area contributed by atoms with Crippen LogP contribution in [0.5, 0.6) is 23.0 Å². The Bertz CT molecular complexity index is 1400. The Morgan fingerprint density at radius 1 is 1.09 bits per heavy atom. The molecule has 34 heavy (non-hydrogen) atoms. The molecule has 0 unspecified atom stereocenters. The molecule has 2 heterocycles. The van der Waals surface area contributed by atoms with E-state index in [1.807, 2.05) is 6.07 Å². The molecule has 0 atom stereocenters. The third kappa shape index (κ3) is 4.12. The van der Waals surface area contributed by atoms with Crippen LogP contribution in [0.4, 0.5) is 11.5 Å². The summed E-state index contributed by atoms with van der Waals surface area (Å²) in [6.45, 7) is -0.306. The third-order valence-corrected chi connectivity index (χ3v) is 5.03. The summed E-state index contributed by atoms with van der Waals surface area (Å²) in [5, 5.41) is 15.9. The number of methoxy groups -OCH3 is 3. The highest BCUT2D eigenvalue weighted by Crippen LogP contribution is 2.38. The zero-order valence-corrected chi connectivity index (χ0v) is 18.7. The molecule has 2 aromatic carbocycles. The van der Waals surface area contributed by atoms with Gasteiger partial charge in [0, 0.05) is 23.5 Å². The van der Waals surface area contributed by atoms with E-state index in [0.717, 1.165) is 0 Å². The van der Waals surface area contributed by atoms with Gasteiger partial charge < -0.3 is 30.0 Å². The molecule has 4 rings (SSSR count). The highest BCUT2D eigenvalue weighted by atomic mass is 16.5. The van der Waals surface area contributed by atoms with Gasteiger partial charge in [-0.2, -0.15) is 5.26 Å². The van der Waals surface area contributed by atoms with Crippen molar-refractivity contribution in [2.24, 2.45) is 5.73 Å². The number of nitrogens with two attached hydrogens (primary N) is 1. The van der Waals surface area contributed by atoms with Gasteiger partial charge >= 0.3 is 0 Å². The van der Waals surface area contributed by atoms with Gasteiger partial charge in [0.05, 0.1) is 21.3 Å². The van der Waals surface area contributed by atoms with Crippen molar-refractivity contribution in [1.29, 1.82) is 5.26 Å². The van der Waals surface area contributed by atoms with Crippen LogP contribution in [0.1, 0.15) is 5.56 Å². The number of nitriles is 1. The number of rotatable bonds is 9. The number of nitrogens with zero attached hydrogens (tertiary/aromatic N) is 3. The molecule has 0 radical (unpaired) electrons. The lowest BCUT2D eigenvalue weighted by Crippen LogP contribution is -2.20. The molecule has 0 saturated carbocycles. The zero-order valence-electron chi connectivity index (χ0n) is 18.7. The third-order valence-electron chi connectivity index (χ3n) is 5.03. The second kappa shape index (κ2) is 9.33. The lowest BCUT2D eigenvalue weighted by atomic mass is 10.1. The lowest BCUT2D eigenvalue weighted by Gasteiger charge is -2.13. The first-order chi connectivity index (χ1) is 16.5. The molecule has 0 fully saturated rings. The van der Waals surface area contributed by atoms with Crippen LogP contribution in [0.3, 0.4) is 0 Å². The largest absolute Gasteiger partial charge is 0.493 e. The van der Waals surface area contributed by atoms with Crippen LogP contribution in [-0.2, 0) is 4.79 Å². The molecule has 0 aliphatic rings. The zero-order chi connectivity index (χ0) is 24.2. The Labute approximate surface area is 194 Å². The molecule has 0 bridgehead atoms. The number of nitrogens with one attached hydrogen (secondary N) is 2. The maximum atomic E-state index is 11.2. The van der Waals surface area contributed by atoms with Crippen molar-refractivity contribution in [3.05, 3.63) is 48.2 Å². The maximum Gasteiger partial charge on any atom is 0.255 e. The normalized spacial score (nSPS) is 10.5. The van der Waals surface area contributed by atoms with Crippen molar-refractivity contribution in [2.75, 3.05) is 33.3 Å². The molecule has 0 spiro atoms. The number of carbonyl (C=O) groups excluding carboxylic acids is 1. The number of hydrogen-bond acceptors (Lipinski definition) is 8. The first-order valence-corrected chi connectivity index (χ1v) is 10.1. The van der Waals surface area contributed by atoms with Gasteiger partial charge in [0.25, 0.3) is 5.91 Å². The molecule has 11 nitrogen and oxygen atoms in total. The topological polar surface area (TPSA) is 149 Å². The lowest BCUT2D eigenvalue weighted by molar-refractivity contribution is -0.119. The van der Waals surface area contributed by atoms with Crippen LogP contribution in [0, 0.1) is 11.3 Å². The Kier molecular flexibility index (Phi) is 6.13. The molecule has 11 heteroatoms. The fourth-order valence-corrected chi connectivity index (χ4v) is 3.46. The Balaban J connectivity index is 1.83. The molecule has 1 amide bonds. The molecular formula is C23H22N6O5. The number of aromatic nitrogens is 3. The minimum atomic E-state index is -0.614. The van der Waals surface area contributed by atoms with E-state index in [2.05, 4.69) is 21.5 Å². The second-order valence-corrected chi connectivity index (χ2v) is 7.08. The summed E-state index contributed by atoms with van der Waals surface area (Å²) in [6.07, 6.45) is 1.57. The summed E-state index contributed by atoms with van der Waals surface area (Å²) >= 11 is 0. The van der Waals surface area contributed by atoms with Crippen LogP contribution < -0.4 is 30.0 Å². The van der Waals surface area contributed by atoms with E-state index >= 15 is 0 Å². The van der Waals surface area contributed by atoms with E-state index in [1.54, 1.807) is 55.3 Å². The Hall–Kier alpha value is -4.85. The minimum absolute atomic E-state index is 0.306. The molecule has 2 aromatic heterocycles. The van der Waals surface area contributed by atoms with Crippen LogP contribution in [0.15, 0.2) is 42.6 Å². The molecule has 0 aliphatic heterocycles. The standard InChI is InChI=1S/C23H22N6O5/c1-31-16-7-5-15(9-18(16)33-3)27-23-21(28-22-14(10-24)11-26-29(22)23)13-4-6-17(32-2)19(8-13)34-12-20(25)30/h4-9,11,26-27H,12H2,1-3H3,(H2,25,30). The first kappa shape index (κ1) is 22.3. The molecule has 4 N–H and O–H groups in total. The van der Waals surface area contributed by atoms with Gasteiger partial charge in [-0.1, -0.05) is 0 Å². The SMILES string of the molecule is COc1ccc(Nc2c(-c3ccc(OC)c(OCC(N)=O)c3)nc3c(C#N)c[nH]n23)cc1OC. The minimum Gasteiger partial charge on any atom is -0.493 e. The number of fused-ring (bicyclic) bond motifs is 1. The van der Waals surface area contributed by atoms with Gasteiger partial charge in [-0.3, -0.25) is 9.89 Å². The monoisotopic (exact) mass is 462 g/mol. The number of carbonyl (C=O) groups is 1. The van der Waals surface area contributed by atoms with E-state index in [4.69, 9.17) is 24.7 Å². The number of imidazole rings is 1. The van der Waals surface area contributed by atoms with Gasteiger partial charge in [0.2, 0.25) is 0 Å². The number of aromatic amines is 1. The van der Waals surface area contributed by atoms with E-state index < -0.39 is 5.91 Å². The maximum absolute atomic E-state index is 11.2. The van der Waals surface area contributed by atoms with Crippen molar-refractivity contribution >= 4 is 23.1 Å². The highest BCUT2D eigenvalue weighted by molar-refractivity contribution is 5.82. The molecule has 174 valence electrons. The fourth-order valence-electron chi connectivity index (χ4n) is 3.46. The van der Waals surface area contributed by atoms with Crippen molar-refractivity contribution < 1.29 is 23.7 Å². The second-order valence-electron chi connectivity index (χ2n) is 7.08. The number of primary amides is 1. The predicted molar refractivity (Wildman–Crippen MR) is 124 cm³/mol. The average Bonchev–Trinajstić information content (AvgIpc) is 3.42. The van der Waals surface area contributed by atoms with E-state index in [1.165, 1.54) is 7.11 Å². The Morgan fingerprint density at radius 3 is 2.47 bits per heavy atom. The van der Waals surface area contributed by atoms with Crippen LogP contribution in [0.25, 0.3) is 16.9 Å². The summed E-state index contributed by atoms with van der Waals surface area (Å²) in [6, 6.07) is 12.7. The highest BCUT2D eigenvalue weighted by Gasteiger charge is 2.20. The summed E-state index contributed by atoms with van der Waals surface area (Å²) in [5.74, 6) is 1.84. The van der Waals surface area contributed by atoms with Crippen molar-refractivity contribution in [3.8, 4) is 40.3 Å². The number of ether oxygens (including phenoxy) is 4. The molecule has 0 saturated heterocycles. The van der Waals surface area contributed by atoms with Gasteiger partial charge in [-0.05, 0) is 30.3 Å². The molecule has 4 aromatic rings. The molecule has 0 aliphatic carbocycles. The van der Waals surface area contributed by atoms with Crippen LogP contribution in [-0.4, -0.2) is 48.4 Å². The van der Waals surface area contributed by atoms with Crippen molar-refractivity contribution in [2.45, 2.75) is 0 Å². The van der Waals surface area contributed by atoms with E-state index in [0.29, 0.717) is 57.0 Å². The number of hydrogen-bond donors (Lipinski definition) is 3. The van der Waals surface area contributed by atoms with E-state index in [-0.39, 0.29) is 6.61 Å². The van der Waals surface area contributed by atoms with Crippen LogP contribution in [0.2, 0.25) is 0 Å². The van der Waals surface area contributed by atoms with Gasteiger partial charge in [-0.15, -0.1) is 0 Å². The van der Waals surface area contributed by atoms with Crippen LogP contribution >= 0.6 is 0 Å². The van der Waals surface area contributed by atoms with Crippen molar-refractivity contribution in [1.82, 2.24) is 14.6 Å². The number of benzene rings is 2. The smallest absolute Gasteiger partial charge is 0.255 e. The predicted octanol–water partition coefficient (Wildman–Crippen LogP) is 2.83. The average molecular weight is 462 g/mol. The number of amides is 1. The van der Waals surface area contributed by atoms with E-state index in [9.17, 15) is 10.1 Å². The number of anilines is 2. The first-order valence-electron chi connectivity index (χ1n) is 10.1. The Morgan fingerprint density at radius 2 is 1.79 bits per heavy atom.